The van der Waals surface area contributed by atoms with Gasteiger partial charge >= 0.3 is 6.18 Å². The molecular weight excluding hydrogens is 530 g/mol. The number of alkyl halides is 3. The number of anilines is 2. The lowest BCUT2D eigenvalue weighted by molar-refractivity contribution is -0.138. The summed E-state index contributed by atoms with van der Waals surface area (Å²) in [5.74, 6) is 0.265. The first-order chi connectivity index (χ1) is 18.8. The molecule has 1 aliphatic heterocycles. The van der Waals surface area contributed by atoms with Crippen LogP contribution in [0.4, 0.5) is 29.1 Å². The molecule has 40 heavy (non-hydrogen) atoms. The van der Waals surface area contributed by atoms with Crippen LogP contribution in [0.1, 0.15) is 44.7 Å². The Morgan fingerprint density at radius 1 is 1.20 bits per heavy atom. The molecule has 0 unspecified atom stereocenters. The van der Waals surface area contributed by atoms with Crippen LogP contribution >= 0.6 is 0 Å². The summed E-state index contributed by atoms with van der Waals surface area (Å²) in [6, 6.07) is 3.99. The van der Waals surface area contributed by atoms with Crippen molar-refractivity contribution >= 4 is 22.3 Å². The van der Waals surface area contributed by atoms with Gasteiger partial charge in [-0.2, -0.15) is 18.3 Å². The van der Waals surface area contributed by atoms with E-state index in [1.54, 1.807) is 36.5 Å². The van der Waals surface area contributed by atoms with Crippen molar-refractivity contribution in [3.05, 3.63) is 74.4 Å². The molecule has 1 aliphatic rings. The molecule has 1 aromatic carbocycles. The van der Waals surface area contributed by atoms with Crippen molar-refractivity contribution in [1.82, 2.24) is 24.7 Å². The average Bonchev–Trinajstić information content (AvgIpc) is 3.18. The minimum atomic E-state index is -4.84. The van der Waals surface area contributed by atoms with Gasteiger partial charge in [0.15, 0.2) is 5.82 Å². The first-order valence-electron chi connectivity index (χ1n) is 12.7. The molecule has 0 bridgehead atoms. The Hall–Kier alpha value is -4.29. The molecule has 0 saturated carbocycles. The summed E-state index contributed by atoms with van der Waals surface area (Å²) >= 11 is 0. The van der Waals surface area contributed by atoms with E-state index in [2.05, 4.69) is 39.5 Å². The molecule has 3 N–H and O–H groups in total. The van der Waals surface area contributed by atoms with Crippen molar-refractivity contribution in [2.45, 2.75) is 57.8 Å². The third-order valence-corrected chi connectivity index (χ3v) is 7.10. The number of nitrogens with one attached hydrogen (secondary N) is 3. The number of fused-ring (bicyclic) bond motifs is 2. The molecule has 0 fully saturated rings. The van der Waals surface area contributed by atoms with E-state index in [0.29, 0.717) is 30.6 Å². The number of pyridine rings is 1. The topological polar surface area (TPSA) is 118 Å². The van der Waals surface area contributed by atoms with E-state index in [1.165, 1.54) is 10.6 Å². The predicted molar refractivity (Wildman–Crippen MR) is 143 cm³/mol. The van der Waals surface area contributed by atoms with Gasteiger partial charge in [0.25, 0.3) is 11.1 Å². The van der Waals surface area contributed by atoms with Crippen LogP contribution in [-0.4, -0.2) is 37.3 Å². The third kappa shape index (κ3) is 5.15. The summed E-state index contributed by atoms with van der Waals surface area (Å²) in [6.45, 7) is 6.77. The van der Waals surface area contributed by atoms with Gasteiger partial charge in [0.05, 0.1) is 22.8 Å². The molecule has 13 heteroatoms. The van der Waals surface area contributed by atoms with Crippen LogP contribution in [-0.2, 0) is 18.1 Å². The Bertz CT molecular complexity index is 1710. The maximum absolute atomic E-state index is 15.2. The van der Waals surface area contributed by atoms with E-state index in [1.807, 2.05) is 0 Å². The smallest absolute Gasteiger partial charge is 0.381 e. The number of aromatic nitrogens is 5. The second-order valence-corrected chi connectivity index (χ2v) is 10.6. The Kier molecular flexibility index (Phi) is 6.84. The van der Waals surface area contributed by atoms with Gasteiger partial charge in [-0.25, -0.2) is 19.5 Å². The predicted octanol–water partition coefficient (Wildman–Crippen LogP) is 4.68. The monoisotopic (exact) mass is 557 g/mol. The highest BCUT2D eigenvalue weighted by atomic mass is 19.4. The lowest BCUT2D eigenvalue weighted by Gasteiger charge is -2.18. The number of rotatable bonds is 7. The van der Waals surface area contributed by atoms with Gasteiger partial charge in [0, 0.05) is 42.5 Å². The molecule has 0 aliphatic carbocycles. The van der Waals surface area contributed by atoms with Crippen LogP contribution in [0.3, 0.4) is 0 Å². The first kappa shape index (κ1) is 27.3. The minimum absolute atomic E-state index is 0.126. The van der Waals surface area contributed by atoms with Crippen LogP contribution in [0.25, 0.3) is 22.2 Å². The van der Waals surface area contributed by atoms with Gasteiger partial charge < -0.3 is 15.2 Å². The summed E-state index contributed by atoms with van der Waals surface area (Å²) in [5.41, 5.74) is -2.45. The SMILES string of the molecule is C[C@@H](CCCn1ccc2cc(-c3ncc4c(n3)NCC4(C)C)c(F)cc2c1=O)Nc1cn[nH]c(=O)c1C(F)(F)F. The van der Waals surface area contributed by atoms with Gasteiger partial charge in [-0.05, 0) is 43.4 Å². The van der Waals surface area contributed by atoms with Crippen molar-refractivity contribution < 1.29 is 17.6 Å². The summed E-state index contributed by atoms with van der Waals surface area (Å²) in [5, 5.41) is 11.9. The van der Waals surface area contributed by atoms with E-state index >= 15 is 4.39 Å². The first-order valence-corrected chi connectivity index (χ1v) is 12.7. The van der Waals surface area contributed by atoms with Gasteiger partial charge in [-0.15, -0.1) is 0 Å². The Morgan fingerprint density at radius 3 is 2.73 bits per heavy atom. The molecule has 3 aromatic heterocycles. The molecule has 0 radical (unpaired) electrons. The Labute approximate surface area is 225 Å². The maximum Gasteiger partial charge on any atom is 0.423 e. The lowest BCUT2D eigenvalue weighted by Crippen LogP contribution is -2.27. The summed E-state index contributed by atoms with van der Waals surface area (Å²) in [4.78, 5) is 33.6. The number of H-pyrrole nitrogens is 1. The zero-order chi connectivity index (χ0) is 28.8. The van der Waals surface area contributed by atoms with Crippen molar-refractivity contribution in [2.24, 2.45) is 0 Å². The number of halogens is 4. The van der Waals surface area contributed by atoms with E-state index in [4.69, 9.17) is 0 Å². The van der Waals surface area contributed by atoms with Crippen molar-refractivity contribution in [3.63, 3.8) is 0 Å². The van der Waals surface area contributed by atoms with Gasteiger partial charge in [-0.3, -0.25) is 9.59 Å². The van der Waals surface area contributed by atoms with Crippen LogP contribution in [0.15, 0.2) is 46.4 Å². The third-order valence-electron chi connectivity index (χ3n) is 7.10. The molecule has 1 atom stereocenters. The standard InChI is InChI=1S/C27H27F4N7O2/c1-14(35-20-12-34-37-24(39)21(20)27(29,30)31)5-4-7-38-8-6-15-9-17(19(28)10-16(15)25(38)40)22-32-11-18-23(36-22)33-13-26(18,2)3/h6,8-12,14H,4-5,7,13H2,1-3H3,(H,32,33,36)(H2,35,37,39)/t14-/m0/s1. The molecule has 5 rings (SSSR count). The Morgan fingerprint density at radius 2 is 1.98 bits per heavy atom. The van der Waals surface area contributed by atoms with Crippen LogP contribution in [0.2, 0.25) is 0 Å². The Balaban J connectivity index is 1.30. The molecular formula is C27H27F4N7O2. The van der Waals surface area contributed by atoms with Crippen LogP contribution in [0, 0.1) is 5.82 Å². The number of nitrogens with zero attached hydrogens (tertiary/aromatic N) is 4. The highest BCUT2D eigenvalue weighted by Gasteiger charge is 2.37. The van der Waals surface area contributed by atoms with Crippen LogP contribution in [0.5, 0.6) is 0 Å². The molecule has 0 saturated heterocycles. The maximum atomic E-state index is 15.2. The van der Waals surface area contributed by atoms with E-state index < -0.39 is 34.8 Å². The van der Waals surface area contributed by atoms with Crippen molar-refractivity contribution in [2.75, 3.05) is 17.2 Å². The number of hydrogen-bond acceptors (Lipinski definition) is 7. The molecule has 4 heterocycles. The lowest BCUT2D eigenvalue weighted by atomic mass is 9.89. The summed E-state index contributed by atoms with van der Waals surface area (Å²) in [7, 11) is 0. The van der Waals surface area contributed by atoms with E-state index in [9.17, 15) is 22.8 Å². The van der Waals surface area contributed by atoms with E-state index in [-0.39, 0.29) is 34.3 Å². The molecule has 0 spiro atoms. The number of aryl methyl sites for hydroxylation is 1. The quantitative estimate of drug-likeness (QED) is 0.283. The fraction of sp³-hybridized carbons (Fsp3) is 0.370. The molecule has 4 aromatic rings. The second-order valence-electron chi connectivity index (χ2n) is 10.6. The van der Waals surface area contributed by atoms with E-state index in [0.717, 1.165) is 11.8 Å². The second kappa shape index (κ2) is 10.0. The normalized spacial score (nSPS) is 15.1. The fourth-order valence-corrected chi connectivity index (χ4v) is 4.89. The molecule has 210 valence electrons. The summed E-state index contributed by atoms with van der Waals surface area (Å²) in [6.07, 6.45) is 0.202. The molecule has 0 amide bonds. The molecule has 9 nitrogen and oxygen atoms in total. The fourth-order valence-electron chi connectivity index (χ4n) is 4.89. The number of benzene rings is 1. The summed E-state index contributed by atoms with van der Waals surface area (Å²) < 4.78 is 56.4. The number of aromatic amines is 1. The largest absolute Gasteiger partial charge is 0.423 e. The van der Waals surface area contributed by atoms with Crippen LogP contribution < -0.4 is 21.8 Å². The zero-order valence-corrected chi connectivity index (χ0v) is 22.0. The van der Waals surface area contributed by atoms with Gasteiger partial charge in [-0.1, -0.05) is 13.8 Å². The highest BCUT2D eigenvalue weighted by Crippen LogP contribution is 2.36. The zero-order valence-electron chi connectivity index (χ0n) is 22.0. The highest BCUT2D eigenvalue weighted by molar-refractivity contribution is 5.86. The average molecular weight is 558 g/mol. The number of hydrogen-bond donors (Lipinski definition) is 3. The van der Waals surface area contributed by atoms with Crippen molar-refractivity contribution in [1.29, 1.82) is 0 Å². The van der Waals surface area contributed by atoms with Gasteiger partial charge in [0.2, 0.25) is 0 Å². The van der Waals surface area contributed by atoms with Crippen molar-refractivity contribution in [3.8, 4) is 11.4 Å². The van der Waals surface area contributed by atoms with Gasteiger partial charge in [0.1, 0.15) is 17.2 Å². The minimum Gasteiger partial charge on any atom is -0.381 e.